The number of rotatable bonds is 2. The molecule has 0 atom stereocenters. The molecule has 0 spiro atoms. The van der Waals surface area contributed by atoms with Crippen LogP contribution in [0.3, 0.4) is 0 Å². The highest BCUT2D eigenvalue weighted by Crippen LogP contribution is 2.55. The number of hydrogen-bond donors (Lipinski definition) is 2. The highest BCUT2D eigenvalue weighted by Gasteiger charge is 2.63. The van der Waals surface area contributed by atoms with E-state index in [0.717, 1.165) is 11.8 Å². The van der Waals surface area contributed by atoms with Gasteiger partial charge in [0.1, 0.15) is 11.1 Å². The van der Waals surface area contributed by atoms with Crippen LogP contribution in [0.15, 0.2) is 0 Å². The van der Waals surface area contributed by atoms with Crippen molar-refractivity contribution < 1.29 is 40.1 Å². The third-order valence-corrected chi connectivity index (χ3v) is 6.18. The molecule has 4 bridgehead atoms. The number of hydrogen-bond acceptors (Lipinski definition) is 0. The highest BCUT2D eigenvalue weighted by molar-refractivity contribution is 5.08. The molecule has 116 valence electrons. The number of halogens is 2. The third-order valence-electron chi connectivity index (χ3n) is 6.18. The van der Waals surface area contributed by atoms with E-state index < -0.39 is 0 Å². The van der Waals surface area contributed by atoms with E-state index in [1.54, 1.807) is 16.2 Å². The first-order chi connectivity index (χ1) is 7.46. The molecule has 0 radical (unpaired) electrons. The lowest BCUT2D eigenvalue weighted by atomic mass is 9.49. The molecule has 0 aromatic rings. The van der Waals surface area contributed by atoms with Crippen molar-refractivity contribution in [2.75, 3.05) is 28.2 Å². The monoisotopic (exact) mass is 312 g/mol. The van der Waals surface area contributed by atoms with Crippen molar-refractivity contribution in [3.05, 3.63) is 0 Å². The van der Waals surface area contributed by atoms with Gasteiger partial charge in [-0.1, -0.05) is 0 Å². The summed E-state index contributed by atoms with van der Waals surface area (Å²) in [5, 5.41) is 0. The van der Waals surface area contributed by atoms with Crippen LogP contribution in [0.1, 0.15) is 38.5 Å². The lowest BCUT2D eigenvalue weighted by Crippen LogP contribution is -3.22. The molecule has 4 N–H and O–H groups in total. The number of nitrogens with one attached hydrogen (secondary N) is 2. The summed E-state index contributed by atoms with van der Waals surface area (Å²) in [5.74, 6) is 2.09. The predicted molar refractivity (Wildman–Crippen MR) is 69.4 cm³/mol. The van der Waals surface area contributed by atoms with E-state index in [2.05, 4.69) is 28.2 Å². The molecular formula is C14H30Cl2N2O. The minimum atomic E-state index is 0. The quantitative estimate of drug-likeness (QED) is 0.509. The summed E-state index contributed by atoms with van der Waals surface area (Å²) in [6, 6.07) is 0. The Labute approximate surface area is 130 Å². The van der Waals surface area contributed by atoms with Crippen LogP contribution in [0.25, 0.3) is 0 Å². The Hall–Kier alpha value is 0.460. The van der Waals surface area contributed by atoms with Gasteiger partial charge in [0.05, 0.1) is 34.6 Å². The molecule has 0 aromatic carbocycles. The maximum absolute atomic E-state index is 2.39. The molecule has 0 heterocycles. The van der Waals surface area contributed by atoms with Crippen LogP contribution in [0.5, 0.6) is 0 Å². The molecule has 19 heavy (non-hydrogen) atoms. The smallest absolute Gasteiger partial charge is 0.104 e. The largest absolute Gasteiger partial charge is 1.00 e. The van der Waals surface area contributed by atoms with Gasteiger partial charge >= 0.3 is 0 Å². The average Bonchev–Trinajstić information content (AvgIpc) is 2.14. The van der Waals surface area contributed by atoms with Gasteiger partial charge in [-0.3, -0.25) is 0 Å². The van der Waals surface area contributed by atoms with Gasteiger partial charge in [-0.2, -0.15) is 0 Å². The topological polar surface area (TPSA) is 40.4 Å². The van der Waals surface area contributed by atoms with Gasteiger partial charge in [0.25, 0.3) is 0 Å². The van der Waals surface area contributed by atoms with Crippen LogP contribution in [0.2, 0.25) is 0 Å². The molecule has 0 saturated heterocycles. The maximum atomic E-state index is 2.39. The Morgan fingerprint density at radius 3 is 1.32 bits per heavy atom. The van der Waals surface area contributed by atoms with Crippen molar-refractivity contribution >= 4 is 0 Å². The second-order valence-corrected chi connectivity index (χ2v) is 7.52. The summed E-state index contributed by atoms with van der Waals surface area (Å²) >= 11 is 0. The van der Waals surface area contributed by atoms with E-state index in [0.29, 0.717) is 11.1 Å². The first-order valence-corrected chi connectivity index (χ1v) is 7.07. The van der Waals surface area contributed by atoms with Crippen LogP contribution in [0.4, 0.5) is 0 Å². The molecule has 5 heteroatoms. The molecule has 3 nitrogen and oxygen atoms in total. The minimum absolute atomic E-state index is 0. The van der Waals surface area contributed by atoms with Crippen LogP contribution in [0, 0.1) is 11.8 Å². The summed E-state index contributed by atoms with van der Waals surface area (Å²) in [7, 11) is 9.58. The standard InChI is InChI=1S/C14H26N2.2ClH.H2O/c1-15(2)13-6-11-5-12(7-13)9-14(8-11,10-13)16(3)4;;;/h11-12H,5-10H2,1-4H3;2*1H;1H2. The van der Waals surface area contributed by atoms with Gasteiger partial charge in [0.2, 0.25) is 0 Å². The van der Waals surface area contributed by atoms with E-state index in [1.165, 1.54) is 32.1 Å². The molecule has 4 saturated carbocycles. The van der Waals surface area contributed by atoms with Crippen molar-refractivity contribution in [3.63, 3.8) is 0 Å². The summed E-state index contributed by atoms with van der Waals surface area (Å²) < 4.78 is 0. The van der Waals surface area contributed by atoms with Crippen molar-refractivity contribution in [2.24, 2.45) is 11.8 Å². The fraction of sp³-hybridized carbons (Fsp3) is 1.00. The summed E-state index contributed by atoms with van der Waals surface area (Å²) in [5.41, 5.74) is 1.28. The van der Waals surface area contributed by atoms with Crippen molar-refractivity contribution in [3.8, 4) is 0 Å². The first kappa shape index (κ1) is 19.5. The molecule has 4 aliphatic rings. The highest BCUT2D eigenvalue weighted by atomic mass is 35.5. The van der Waals surface area contributed by atoms with E-state index in [4.69, 9.17) is 0 Å². The fourth-order valence-electron chi connectivity index (χ4n) is 5.43. The van der Waals surface area contributed by atoms with E-state index in [9.17, 15) is 0 Å². The summed E-state index contributed by atoms with van der Waals surface area (Å²) in [6.45, 7) is 0. The van der Waals surface area contributed by atoms with Gasteiger partial charge in [-0.05, 0) is 18.3 Å². The Balaban J connectivity index is 0.00000108. The predicted octanol–water partition coefficient (Wildman–Crippen LogP) is -7.45. The Morgan fingerprint density at radius 2 is 1.05 bits per heavy atom. The maximum Gasteiger partial charge on any atom is 0.104 e. The zero-order chi connectivity index (χ0) is 11.6. The molecule has 0 aromatic heterocycles. The van der Waals surface area contributed by atoms with Crippen LogP contribution >= 0.6 is 0 Å². The van der Waals surface area contributed by atoms with Crippen LogP contribution in [-0.4, -0.2) is 44.7 Å². The second-order valence-electron chi connectivity index (χ2n) is 7.52. The minimum Gasteiger partial charge on any atom is -1.00 e. The SMILES string of the molecule is C[NH+](C)C12CC3CC(C1)CC([NH+](C)C)(C3)C2.O.[Cl-].[Cl-]. The normalized spacial score (nSPS) is 42.6. The molecule has 0 amide bonds. The van der Waals surface area contributed by atoms with E-state index in [1.807, 2.05) is 0 Å². The zero-order valence-electron chi connectivity index (χ0n) is 12.7. The van der Waals surface area contributed by atoms with Crippen LogP contribution < -0.4 is 34.6 Å². The van der Waals surface area contributed by atoms with Gasteiger partial charge in [0, 0.05) is 25.7 Å². The van der Waals surface area contributed by atoms with Crippen molar-refractivity contribution in [1.29, 1.82) is 0 Å². The molecular weight excluding hydrogens is 283 g/mol. The third kappa shape index (κ3) is 2.77. The Bertz CT molecular complexity index is 270. The Morgan fingerprint density at radius 1 is 0.737 bits per heavy atom. The fourth-order valence-corrected chi connectivity index (χ4v) is 5.43. The Kier molecular flexibility index (Phi) is 6.21. The van der Waals surface area contributed by atoms with E-state index >= 15 is 0 Å². The van der Waals surface area contributed by atoms with Gasteiger partial charge in [-0.15, -0.1) is 0 Å². The molecule has 0 aliphatic heterocycles. The van der Waals surface area contributed by atoms with Gasteiger partial charge < -0.3 is 40.1 Å². The molecule has 0 unspecified atom stereocenters. The van der Waals surface area contributed by atoms with E-state index in [-0.39, 0.29) is 30.3 Å². The van der Waals surface area contributed by atoms with Gasteiger partial charge in [0.15, 0.2) is 0 Å². The first-order valence-electron chi connectivity index (χ1n) is 7.07. The number of quaternary nitrogens is 2. The summed E-state index contributed by atoms with van der Waals surface area (Å²) in [4.78, 5) is 3.46. The van der Waals surface area contributed by atoms with Gasteiger partial charge in [-0.25, -0.2) is 0 Å². The molecule has 4 fully saturated rings. The lowest BCUT2D eigenvalue weighted by molar-refractivity contribution is -0.957. The average molecular weight is 313 g/mol. The van der Waals surface area contributed by atoms with Crippen molar-refractivity contribution in [1.82, 2.24) is 0 Å². The lowest BCUT2D eigenvalue weighted by Gasteiger charge is -2.61. The van der Waals surface area contributed by atoms with Crippen molar-refractivity contribution in [2.45, 2.75) is 49.6 Å². The summed E-state index contributed by atoms with van der Waals surface area (Å²) in [6.07, 6.45) is 9.09. The molecule has 4 rings (SSSR count). The second kappa shape index (κ2) is 6.07. The zero-order valence-corrected chi connectivity index (χ0v) is 14.2. The van der Waals surface area contributed by atoms with Crippen LogP contribution in [-0.2, 0) is 0 Å². The molecule has 4 aliphatic carbocycles.